The Morgan fingerprint density at radius 2 is 1.78 bits per heavy atom. The lowest BCUT2D eigenvalue weighted by molar-refractivity contribution is -0.141. The average molecular weight is 461 g/mol. The van der Waals surface area contributed by atoms with E-state index in [9.17, 15) is 14.3 Å². The molecule has 1 N–H and O–H groups in total. The minimum absolute atomic E-state index is 0.0558. The SMILES string of the molecule is CN(Cc1ccc(F)cc1)C[C@@]1(O)CCN(C(=O)C2(c3ccc(Cl)cc3)CCOCC2)C1. The summed E-state index contributed by atoms with van der Waals surface area (Å²) in [5, 5.41) is 11.9. The molecule has 2 aliphatic rings. The molecule has 0 aromatic heterocycles. The van der Waals surface area contributed by atoms with Crippen LogP contribution in [0.5, 0.6) is 0 Å². The standard InChI is InChI=1S/C25H30ClFN2O3/c1-28(16-19-2-8-22(27)9-3-19)17-24(31)10-13-29(18-24)23(30)25(11-14-32-15-12-25)20-4-6-21(26)7-5-20/h2-9,31H,10-18H2,1H3/t24-/m0/s1. The van der Waals surface area contributed by atoms with Crippen LogP contribution in [0.2, 0.25) is 5.02 Å². The molecule has 2 heterocycles. The van der Waals surface area contributed by atoms with Crippen molar-refractivity contribution in [2.45, 2.75) is 36.8 Å². The quantitative estimate of drug-likeness (QED) is 0.715. The van der Waals surface area contributed by atoms with Gasteiger partial charge in [-0.15, -0.1) is 0 Å². The van der Waals surface area contributed by atoms with Crippen molar-refractivity contribution in [3.8, 4) is 0 Å². The number of benzene rings is 2. The van der Waals surface area contributed by atoms with Crippen LogP contribution in [-0.2, 0) is 21.5 Å². The van der Waals surface area contributed by atoms with Crippen LogP contribution in [0.4, 0.5) is 4.39 Å². The number of ether oxygens (including phenoxy) is 1. The Labute approximate surface area is 193 Å². The first kappa shape index (κ1) is 23.2. The summed E-state index contributed by atoms with van der Waals surface area (Å²) < 4.78 is 18.7. The predicted octanol–water partition coefficient (Wildman–Crippen LogP) is 3.62. The molecule has 7 heteroatoms. The number of aliphatic hydroxyl groups is 1. The van der Waals surface area contributed by atoms with E-state index in [0.29, 0.717) is 63.7 Å². The molecule has 172 valence electrons. The van der Waals surface area contributed by atoms with Gasteiger partial charge in [-0.2, -0.15) is 0 Å². The van der Waals surface area contributed by atoms with Crippen molar-refractivity contribution >= 4 is 17.5 Å². The molecule has 32 heavy (non-hydrogen) atoms. The van der Waals surface area contributed by atoms with Crippen LogP contribution in [0.3, 0.4) is 0 Å². The Kier molecular flexibility index (Phi) is 6.86. The van der Waals surface area contributed by atoms with E-state index in [2.05, 4.69) is 0 Å². The number of likely N-dealkylation sites (N-methyl/N-ethyl adjacent to an activating group) is 1. The minimum atomic E-state index is -0.975. The van der Waals surface area contributed by atoms with E-state index in [1.165, 1.54) is 12.1 Å². The van der Waals surface area contributed by atoms with Crippen LogP contribution in [0.25, 0.3) is 0 Å². The van der Waals surface area contributed by atoms with Crippen LogP contribution in [0, 0.1) is 5.82 Å². The van der Waals surface area contributed by atoms with Crippen molar-refractivity contribution < 1.29 is 19.0 Å². The summed E-state index contributed by atoms with van der Waals surface area (Å²) in [5.41, 5.74) is 0.316. The van der Waals surface area contributed by atoms with Gasteiger partial charge in [0.15, 0.2) is 0 Å². The first-order chi connectivity index (χ1) is 15.3. The van der Waals surface area contributed by atoms with Crippen LogP contribution in [0.15, 0.2) is 48.5 Å². The van der Waals surface area contributed by atoms with E-state index >= 15 is 0 Å². The Hall–Kier alpha value is -1.99. The number of halogens is 2. The molecule has 5 nitrogen and oxygen atoms in total. The Morgan fingerprint density at radius 3 is 2.44 bits per heavy atom. The maximum absolute atomic E-state index is 13.8. The van der Waals surface area contributed by atoms with Crippen molar-refractivity contribution in [2.75, 3.05) is 39.9 Å². The van der Waals surface area contributed by atoms with Gasteiger partial charge in [0, 0.05) is 37.9 Å². The molecule has 0 aliphatic carbocycles. The van der Waals surface area contributed by atoms with Gasteiger partial charge < -0.3 is 14.7 Å². The highest BCUT2D eigenvalue weighted by Crippen LogP contribution is 2.39. The molecular weight excluding hydrogens is 431 g/mol. The molecular formula is C25H30ClFN2O3. The van der Waals surface area contributed by atoms with Crippen molar-refractivity contribution in [1.29, 1.82) is 0 Å². The minimum Gasteiger partial charge on any atom is -0.387 e. The molecule has 1 atom stereocenters. The van der Waals surface area contributed by atoms with Crippen molar-refractivity contribution in [1.82, 2.24) is 9.80 Å². The summed E-state index contributed by atoms with van der Waals surface area (Å²) in [4.78, 5) is 17.6. The van der Waals surface area contributed by atoms with Crippen molar-refractivity contribution in [3.63, 3.8) is 0 Å². The van der Waals surface area contributed by atoms with E-state index in [-0.39, 0.29) is 11.7 Å². The number of hydrogen-bond donors (Lipinski definition) is 1. The maximum atomic E-state index is 13.8. The van der Waals surface area contributed by atoms with Gasteiger partial charge in [0.05, 0.1) is 17.6 Å². The summed E-state index contributed by atoms with van der Waals surface area (Å²) in [6.07, 6.45) is 1.76. The van der Waals surface area contributed by atoms with Gasteiger partial charge in [0.25, 0.3) is 0 Å². The third kappa shape index (κ3) is 4.99. The number of amides is 1. The lowest BCUT2D eigenvalue weighted by atomic mass is 9.73. The van der Waals surface area contributed by atoms with Gasteiger partial charge in [-0.1, -0.05) is 35.9 Å². The molecule has 1 amide bonds. The molecule has 2 fully saturated rings. The zero-order valence-electron chi connectivity index (χ0n) is 18.4. The number of rotatable bonds is 6. The summed E-state index contributed by atoms with van der Waals surface area (Å²) in [6.45, 7) is 2.93. The zero-order valence-corrected chi connectivity index (χ0v) is 19.2. The highest BCUT2D eigenvalue weighted by molar-refractivity contribution is 6.30. The zero-order chi connectivity index (χ0) is 22.8. The molecule has 2 aromatic rings. The molecule has 2 aliphatic heterocycles. The molecule has 4 rings (SSSR count). The number of β-amino-alcohol motifs (C(OH)–C–C–N with tert-alkyl or cyclic N) is 1. The fraction of sp³-hybridized carbons (Fsp3) is 0.480. The first-order valence-electron chi connectivity index (χ1n) is 11.1. The molecule has 0 radical (unpaired) electrons. The lowest BCUT2D eigenvalue weighted by Crippen LogP contribution is -2.51. The molecule has 0 unspecified atom stereocenters. The van der Waals surface area contributed by atoms with Crippen molar-refractivity contribution in [2.24, 2.45) is 0 Å². The highest BCUT2D eigenvalue weighted by atomic mass is 35.5. The number of carbonyl (C=O) groups is 1. The predicted molar refractivity (Wildman–Crippen MR) is 122 cm³/mol. The van der Waals surface area contributed by atoms with E-state index < -0.39 is 11.0 Å². The molecule has 2 saturated heterocycles. The lowest BCUT2D eigenvalue weighted by Gasteiger charge is -2.39. The highest BCUT2D eigenvalue weighted by Gasteiger charge is 2.48. The summed E-state index contributed by atoms with van der Waals surface area (Å²) >= 11 is 6.08. The van der Waals surface area contributed by atoms with E-state index in [1.807, 2.05) is 41.1 Å². The van der Waals surface area contributed by atoms with Gasteiger partial charge in [-0.05, 0) is 61.7 Å². The molecule has 0 spiro atoms. The second-order valence-corrected chi connectivity index (χ2v) is 9.64. The largest absolute Gasteiger partial charge is 0.387 e. The topological polar surface area (TPSA) is 53.0 Å². The maximum Gasteiger partial charge on any atom is 0.233 e. The smallest absolute Gasteiger partial charge is 0.233 e. The van der Waals surface area contributed by atoms with E-state index in [1.54, 1.807) is 12.1 Å². The van der Waals surface area contributed by atoms with Gasteiger partial charge in [-0.25, -0.2) is 4.39 Å². The number of likely N-dealkylation sites (tertiary alicyclic amines) is 1. The monoisotopic (exact) mass is 460 g/mol. The molecule has 0 bridgehead atoms. The third-order valence-electron chi connectivity index (χ3n) is 6.70. The van der Waals surface area contributed by atoms with Crippen LogP contribution in [0.1, 0.15) is 30.4 Å². The third-order valence-corrected chi connectivity index (χ3v) is 6.95. The fourth-order valence-electron chi connectivity index (χ4n) is 5.04. The van der Waals surface area contributed by atoms with Gasteiger partial charge in [-0.3, -0.25) is 9.69 Å². The second-order valence-electron chi connectivity index (χ2n) is 9.20. The van der Waals surface area contributed by atoms with Gasteiger partial charge in [0.2, 0.25) is 5.91 Å². The summed E-state index contributed by atoms with van der Waals surface area (Å²) in [5.74, 6) is -0.206. The van der Waals surface area contributed by atoms with Crippen LogP contribution < -0.4 is 0 Å². The van der Waals surface area contributed by atoms with Crippen LogP contribution in [-0.4, -0.2) is 66.3 Å². The van der Waals surface area contributed by atoms with Gasteiger partial charge >= 0.3 is 0 Å². The molecule has 0 saturated carbocycles. The summed E-state index contributed by atoms with van der Waals surface area (Å²) in [7, 11) is 1.93. The van der Waals surface area contributed by atoms with E-state index in [0.717, 1.165) is 11.1 Å². The average Bonchev–Trinajstić information content (AvgIpc) is 3.17. The first-order valence-corrected chi connectivity index (χ1v) is 11.5. The van der Waals surface area contributed by atoms with Crippen molar-refractivity contribution in [3.05, 3.63) is 70.5 Å². The second kappa shape index (κ2) is 9.48. The normalized spacial score (nSPS) is 23.0. The Morgan fingerprint density at radius 1 is 1.12 bits per heavy atom. The number of carbonyl (C=O) groups excluding carboxylic acids is 1. The fourth-order valence-corrected chi connectivity index (χ4v) is 5.16. The number of hydrogen-bond acceptors (Lipinski definition) is 4. The number of nitrogens with zero attached hydrogens (tertiary/aromatic N) is 2. The Bertz CT molecular complexity index is 931. The van der Waals surface area contributed by atoms with Crippen LogP contribution >= 0.6 is 11.6 Å². The Balaban J connectivity index is 1.45. The van der Waals surface area contributed by atoms with Gasteiger partial charge in [0.1, 0.15) is 5.82 Å². The molecule has 2 aromatic carbocycles. The summed E-state index contributed by atoms with van der Waals surface area (Å²) in [6, 6.07) is 13.9. The van der Waals surface area contributed by atoms with E-state index in [4.69, 9.17) is 16.3 Å².